The van der Waals surface area contributed by atoms with Crippen molar-refractivity contribution >= 4 is 5.69 Å². The first-order valence-corrected chi connectivity index (χ1v) is 7.98. The smallest absolute Gasteiger partial charge is 0.0381 e. The minimum absolute atomic E-state index is 1.13. The van der Waals surface area contributed by atoms with E-state index in [0.717, 1.165) is 19.3 Å². The van der Waals surface area contributed by atoms with Gasteiger partial charge in [-0.15, -0.1) is 6.58 Å². The van der Waals surface area contributed by atoms with Crippen LogP contribution in [-0.4, -0.2) is 0 Å². The van der Waals surface area contributed by atoms with Crippen LogP contribution in [0.25, 0.3) is 0 Å². The Morgan fingerprint density at radius 1 is 1.05 bits per heavy atom. The number of allylic oxidation sites excluding steroid dienone is 3. The predicted octanol–water partition coefficient (Wildman–Crippen LogP) is 6.31. The van der Waals surface area contributed by atoms with Gasteiger partial charge in [-0.05, 0) is 50.7 Å². The molecule has 0 heterocycles. The van der Waals surface area contributed by atoms with Crippen molar-refractivity contribution in [3.8, 4) is 0 Å². The predicted molar refractivity (Wildman–Crippen MR) is 91.0 cm³/mol. The molecule has 0 saturated carbocycles. The summed E-state index contributed by atoms with van der Waals surface area (Å²) in [4.78, 5) is 0. The standard InChI is InChI=1S/C19H29N/c1-3-5-7-8-11-15-18(14-10-6-4-2)20-19-16-12-9-13-17-19/h3,9,12-13,15-17,20H,1,4-8,10-11,14H2,2H3/b18-15-. The van der Waals surface area contributed by atoms with Gasteiger partial charge in [0.05, 0.1) is 0 Å². The number of para-hydroxylation sites is 1. The molecule has 0 aliphatic carbocycles. The fraction of sp³-hybridized carbons (Fsp3) is 0.474. The Hall–Kier alpha value is -1.50. The Morgan fingerprint density at radius 3 is 2.50 bits per heavy atom. The lowest BCUT2D eigenvalue weighted by Gasteiger charge is -2.11. The highest BCUT2D eigenvalue weighted by Gasteiger charge is 1.98. The average molecular weight is 271 g/mol. The highest BCUT2D eigenvalue weighted by Crippen LogP contribution is 2.16. The first-order chi connectivity index (χ1) is 9.86. The van der Waals surface area contributed by atoms with E-state index in [2.05, 4.69) is 55.2 Å². The molecule has 0 radical (unpaired) electrons. The van der Waals surface area contributed by atoms with E-state index in [1.807, 2.05) is 6.08 Å². The summed E-state index contributed by atoms with van der Waals surface area (Å²) in [6, 6.07) is 10.5. The van der Waals surface area contributed by atoms with Crippen molar-refractivity contribution < 1.29 is 0 Å². The maximum atomic E-state index is 3.77. The molecule has 0 bridgehead atoms. The molecule has 0 aromatic heterocycles. The van der Waals surface area contributed by atoms with Crippen LogP contribution >= 0.6 is 0 Å². The lowest BCUT2D eigenvalue weighted by molar-refractivity contribution is 0.707. The lowest BCUT2D eigenvalue weighted by Crippen LogP contribution is -2.00. The normalized spacial score (nSPS) is 11.3. The molecular weight excluding hydrogens is 242 g/mol. The molecule has 0 atom stereocenters. The van der Waals surface area contributed by atoms with E-state index in [0.29, 0.717) is 0 Å². The summed E-state index contributed by atoms with van der Waals surface area (Å²) in [6.45, 7) is 6.02. The Balaban J connectivity index is 2.45. The van der Waals surface area contributed by atoms with E-state index in [1.165, 1.54) is 43.5 Å². The molecule has 0 amide bonds. The first kappa shape index (κ1) is 16.6. The van der Waals surface area contributed by atoms with E-state index < -0.39 is 0 Å². The van der Waals surface area contributed by atoms with Gasteiger partial charge in [-0.3, -0.25) is 0 Å². The summed E-state index contributed by atoms with van der Waals surface area (Å²) >= 11 is 0. The van der Waals surface area contributed by atoms with Crippen LogP contribution < -0.4 is 5.32 Å². The highest BCUT2D eigenvalue weighted by molar-refractivity contribution is 5.47. The van der Waals surface area contributed by atoms with Gasteiger partial charge in [-0.25, -0.2) is 0 Å². The van der Waals surface area contributed by atoms with E-state index in [9.17, 15) is 0 Å². The third kappa shape index (κ3) is 7.83. The summed E-state index contributed by atoms with van der Waals surface area (Å²) in [5.74, 6) is 0. The summed E-state index contributed by atoms with van der Waals surface area (Å²) in [5, 5.41) is 3.57. The fourth-order valence-electron chi connectivity index (χ4n) is 2.20. The molecule has 110 valence electrons. The van der Waals surface area contributed by atoms with Crippen molar-refractivity contribution in [3.63, 3.8) is 0 Å². The largest absolute Gasteiger partial charge is 0.359 e. The molecule has 0 saturated heterocycles. The third-order valence-corrected chi connectivity index (χ3v) is 3.38. The van der Waals surface area contributed by atoms with Crippen molar-refractivity contribution in [1.82, 2.24) is 0 Å². The number of hydrogen-bond donors (Lipinski definition) is 1. The Kier molecular flexibility index (Phi) is 9.38. The zero-order valence-corrected chi connectivity index (χ0v) is 12.9. The Morgan fingerprint density at radius 2 is 1.80 bits per heavy atom. The molecule has 1 nitrogen and oxygen atoms in total. The quantitative estimate of drug-likeness (QED) is 0.367. The van der Waals surface area contributed by atoms with Gasteiger partial charge in [0.1, 0.15) is 0 Å². The van der Waals surface area contributed by atoms with Crippen molar-refractivity contribution in [2.75, 3.05) is 5.32 Å². The van der Waals surface area contributed by atoms with Gasteiger partial charge in [0, 0.05) is 11.4 Å². The van der Waals surface area contributed by atoms with Gasteiger partial charge in [0.2, 0.25) is 0 Å². The minimum Gasteiger partial charge on any atom is -0.359 e. The van der Waals surface area contributed by atoms with Gasteiger partial charge < -0.3 is 5.32 Å². The number of nitrogens with one attached hydrogen (secondary N) is 1. The molecule has 0 aliphatic heterocycles. The number of anilines is 1. The maximum absolute atomic E-state index is 3.77. The number of rotatable bonds is 11. The molecule has 0 unspecified atom stereocenters. The van der Waals surface area contributed by atoms with E-state index in [-0.39, 0.29) is 0 Å². The van der Waals surface area contributed by atoms with Gasteiger partial charge in [0.25, 0.3) is 0 Å². The van der Waals surface area contributed by atoms with E-state index in [1.54, 1.807) is 0 Å². The van der Waals surface area contributed by atoms with Crippen molar-refractivity contribution in [2.45, 2.75) is 58.3 Å². The molecule has 0 spiro atoms. The zero-order valence-electron chi connectivity index (χ0n) is 12.9. The molecule has 0 aliphatic rings. The second kappa shape index (κ2) is 11.3. The summed E-state index contributed by atoms with van der Waals surface area (Å²) in [5.41, 5.74) is 2.57. The summed E-state index contributed by atoms with van der Waals surface area (Å²) in [7, 11) is 0. The minimum atomic E-state index is 1.13. The maximum Gasteiger partial charge on any atom is 0.0381 e. The third-order valence-electron chi connectivity index (χ3n) is 3.38. The zero-order chi connectivity index (χ0) is 14.5. The van der Waals surface area contributed by atoms with Crippen molar-refractivity contribution in [1.29, 1.82) is 0 Å². The van der Waals surface area contributed by atoms with Crippen LogP contribution in [0, 0.1) is 0 Å². The molecule has 1 rings (SSSR count). The van der Waals surface area contributed by atoms with Crippen LogP contribution in [-0.2, 0) is 0 Å². The molecule has 1 heteroatoms. The molecule has 0 fully saturated rings. The average Bonchev–Trinajstić information content (AvgIpc) is 2.48. The van der Waals surface area contributed by atoms with Crippen LogP contribution in [0.4, 0.5) is 5.69 Å². The van der Waals surface area contributed by atoms with E-state index in [4.69, 9.17) is 0 Å². The molecular formula is C19H29N. The second-order valence-electron chi connectivity index (χ2n) is 5.25. The highest BCUT2D eigenvalue weighted by atomic mass is 14.9. The fourth-order valence-corrected chi connectivity index (χ4v) is 2.20. The van der Waals surface area contributed by atoms with Gasteiger partial charge in [-0.1, -0.05) is 50.1 Å². The Bertz CT molecular complexity index is 378. The number of benzene rings is 1. The van der Waals surface area contributed by atoms with Crippen LogP contribution in [0.5, 0.6) is 0 Å². The van der Waals surface area contributed by atoms with Crippen molar-refractivity contribution in [3.05, 3.63) is 54.8 Å². The van der Waals surface area contributed by atoms with Crippen LogP contribution in [0.3, 0.4) is 0 Å². The number of hydrogen-bond acceptors (Lipinski definition) is 1. The molecule has 20 heavy (non-hydrogen) atoms. The van der Waals surface area contributed by atoms with E-state index >= 15 is 0 Å². The SMILES string of the molecule is C=CCCCC/C=C(/CCCCC)Nc1ccccc1. The summed E-state index contributed by atoms with van der Waals surface area (Å²) in [6.07, 6.45) is 14.2. The van der Waals surface area contributed by atoms with Crippen molar-refractivity contribution in [2.24, 2.45) is 0 Å². The first-order valence-electron chi connectivity index (χ1n) is 7.98. The monoisotopic (exact) mass is 271 g/mol. The Labute approximate surface area is 124 Å². The van der Waals surface area contributed by atoms with Crippen LogP contribution in [0.2, 0.25) is 0 Å². The lowest BCUT2D eigenvalue weighted by atomic mass is 10.1. The number of unbranched alkanes of at least 4 members (excludes halogenated alkanes) is 5. The molecule has 1 aromatic rings. The topological polar surface area (TPSA) is 12.0 Å². The molecule has 1 N–H and O–H groups in total. The molecule has 1 aromatic carbocycles. The van der Waals surface area contributed by atoms with Crippen LogP contribution in [0.1, 0.15) is 58.3 Å². The van der Waals surface area contributed by atoms with Gasteiger partial charge >= 0.3 is 0 Å². The van der Waals surface area contributed by atoms with Gasteiger partial charge in [-0.2, -0.15) is 0 Å². The van der Waals surface area contributed by atoms with Crippen LogP contribution in [0.15, 0.2) is 54.8 Å². The second-order valence-corrected chi connectivity index (χ2v) is 5.25. The summed E-state index contributed by atoms with van der Waals surface area (Å²) < 4.78 is 0. The van der Waals surface area contributed by atoms with Gasteiger partial charge in [0.15, 0.2) is 0 Å².